The molecule has 3 aromatic carbocycles. The van der Waals surface area contributed by atoms with Crippen molar-refractivity contribution in [2.75, 3.05) is 24.3 Å². The van der Waals surface area contributed by atoms with E-state index < -0.39 is 13.2 Å². The number of nitrogens with zero attached hydrogens (tertiary/aromatic N) is 1. The molecule has 4 rings (SSSR count). The van der Waals surface area contributed by atoms with Crippen molar-refractivity contribution in [3.63, 3.8) is 0 Å². The fourth-order valence-electron chi connectivity index (χ4n) is 4.31. The van der Waals surface area contributed by atoms with Gasteiger partial charge in [-0.3, -0.25) is 4.57 Å². The maximum absolute atomic E-state index is 15.0. The van der Waals surface area contributed by atoms with Gasteiger partial charge in [-0.2, -0.15) is 0 Å². The number of benzene rings is 3. The molecule has 4 nitrogen and oxygen atoms in total. The number of hydrogen-bond acceptors (Lipinski definition) is 4. The van der Waals surface area contributed by atoms with Crippen LogP contribution in [-0.2, 0) is 9.09 Å². The van der Waals surface area contributed by atoms with Crippen LogP contribution in [0.2, 0.25) is 0 Å². The van der Waals surface area contributed by atoms with Gasteiger partial charge in [0.15, 0.2) is 0 Å². The molecule has 0 spiro atoms. The Bertz CT molecular complexity index is 1020. The molecule has 0 bridgehead atoms. The van der Waals surface area contributed by atoms with Gasteiger partial charge >= 0.3 is 0 Å². The number of para-hydroxylation sites is 1. The normalized spacial score (nSPS) is 17.3. The monoisotopic (exact) mass is 448 g/mol. The van der Waals surface area contributed by atoms with E-state index in [1.165, 1.54) is 6.42 Å². The molecular weight excluding hydrogens is 415 g/mol. The van der Waals surface area contributed by atoms with Gasteiger partial charge in [0.05, 0.1) is 6.10 Å². The summed E-state index contributed by atoms with van der Waals surface area (Å²) in [6.07, 6.45) is 5.44. The van der Waals surface area contributed by atoms with Crippen molar-refractivity contribution in [1.82, 2.24) is 0 Å². The molecule has 0 aliphatic heterocycles. The molecule has 0 aromatic heterocycles. The van der Waals surface area contributed by atoms with Crippen LogP contribution in [0.25, 0.3) is 0 Å². The van der Waals surface area contributed by atoms with Crippen LogP contribution in [-0.4, -0.2) is 20.2 Å². The van der Waals surface area contributed by atoms with E-state index in [-0.39, 0.29) is 6.10 Å². The van der Waals surface area contributed by atoms with Gasteiger partial charge in [-0.05, 0) is 54.8 Å². The van der Waals surface area contributed by atoms with Crippen molar-refractivity contribution in [2.24, 2.45) is 0 Å². The molecule has 0 unspecified atom stereocenters. The standard InChI is InChI=1S/C27H33N2O2P/c1-29(2)24-18-20-26(21-19-24)32(30,31-25-16-10-5-11-17-25)27(22-12-6-3-7-13-22)28-23-14-8-4-9-15-23/h3-4,6-9,12-15,18-21,25,27-28H,5,10-11,16-17H2,1-2H3/t27-,32+/m1/s1. The largest absolute Gasteiger partial charge is 0.378 e. The summed E-state index contributed by atoms with van der Waals surface area (Å²) in [4.78, 5) is 2.05. The number of anilines is 2. The topological polar surface area (TPSA) is 41.6 Å². The van der Waals surface area contributed by atoms with Crippen LogP contribution in [0.4, 0.5) is 11.4 Å². The Labute approximate surface area is 192 Å². The van der Waals surface area contributed by atoms with Crippen LogP contribution in [0.3, 0.4) is 0 Å². The average Bonchev–Trinajstić information content (AvgIpc) is 2.84. The van der Waals surface area contributed by atoms with Crippen LogP contribution in [0.15, 0.2) is 84.9 Å². The zero-order valence-electron chi connectivity index (χ0n) is 19.0. The van der Waals surface area contributed by atoms with Crippen LogP contribution in [0, 0.1) is 0 Å². The molecule has 168 valence electrons. The lowest BCUT2D eigenvalue weighted by Gasteiger charge is -2.34. The summed E-state index contributed by atoms with van der Waals surface area (Å²) in [6, 6.07) is 28.0. The third kappa shape index (κ3) is 5.26. The van der Waals surface area contributed by atoms with Crippen molar-refractivity contribution in [3.8, 4) is 0 Å². The van der Waals surface area contributed by atoms with E-state index in [1.54, 1.807) is 0 Å². The van der Waals surface area contributed by atoms with E-state index in [0.717, 1.165) is 47.9 Å². The second-order valence-corrected chi connectivity index (χ2v) is 11.1. The van der Waals surface area contributed by atoms with Gasteiger partial charge in [-0.25, -0.2) is 0 Å². The minimum Gasteiger partial charge on any atom is -0.378 e. The van der Waals surface area contributed by atoms with Gasteiger partial charge in [-0.1, -0.05) is 67.8 Å². The third-order valence-electron chi connectivity index (χ3n) is 6.12. The maximum Gasteiger partial charge on any atom is 0.258 e. The fraction of sp³-hybridized carbons (Fsp3) is 0.333. The first-order valence-corrected chi connectivity index (χ1v) is 13.2. The zero-order chi connectivity index (χ0) is 22.4. The summed E-state index contributed by atoms with van der Waals surface area (Å²) in [7, 11) is 0.704. The summed E-state index contributed by atoms with van der Waals surface area (Å²) in [6.45, 7) is 0. The van der Waals surface area contributed by atoms with Crippen LogP contribution >= 0.6 is 7.37 Å². The molecule has 0 saturated heterocycles. The highest BCUT2D eigenvalue weighted by atomic mass is 31.2. The third-order valence-corrected chi connectivity index (χ3v) is 8.85. The molecule has 0 amide bonds. The molecule has 0 heterocycles. The molecule has 0 radical (unpaired) electrons. The highest BCUT2D eigenvalue weighted by molar-refractivity contribution is 7.67. The Balaban J connectivity index is 1.79. The highest BCUT2D eigenvalue weighted by Gasteiger charge is 2.40. The summed E-state index contributed by atoms with van der Waals surface area (Å²) in [5, 5.41) is 4.32. The lowest BCUT2D eigenvalue weighted by Crippen LogP contribution is -2.25. The molecule has 1 saturated carbocycles. The first-order chi connectivity index (χ1) is 15.6. The second-order valence-electron chi connectivity index (χ2n) is 8.70. The SMILES string of the molecule is CN(C)c1ccc([P@](=O)(OC2CCCCC2)[C@@H](Nc2ccccc2)c2ccccc2)cc1. The minimum atomic E-state index is -3.32. The number of nitrogens with one attached hydrogen (secondary N) is 1. The quantitative estimate of drug-likeness (QED) is 0.384. The van der Waals surface area contributed by atoms with Crippen molar-refractivity contribution in [1.29, 1.82) is 0 Å². The summed E-state index contributed by atoms with van der Waals surface area (Å²) < 4.78 is 21.6. The Kier molecular flexibility index (Phi) is 7.34. The van der Waals surface area contributed by atoms with E-state index in [1.807, 2.05) is 104 Å². The first kappa shape index (κ1) is 22.6. The Morgan fingerprint density at radius 2 is 1.44 bits per heavy atom. The predicted octanol–water partition coefficient (Wildman–Crippen LogP) is 6.82. The molecule has 1 aliphatic rings. The molecule has 2 atom stereocenters. The van der Waals surface area contributed by atoms with Crippen LogP contribution < -0.4 is 15.5 Å². The van der Waals surface area contributed by atoms with Gasteiger partial charge in [0, 0.05) is 30.8 Å². The lowest BCUT2D eigenvalue weighted by molar-refractivity contribution is 0.159. The maximum atomic E-state index is 15.0. The second kappa shape index (κ2) is 10.4. The van der Waals surface area contributed by atoms with E-state index in [9.17, 15) is 4.57 Å². The molecular formula is C27H33N2O2P. The van der Waals surface area contributed by atoms with E-state index in [4.69, 9.17) is 4.52 Å². The zero-order valence-corrected chi connectivity index (χ0v) is 19.9. The van der Waals surface area contributed by atoms with Crippen molar-refractivity contribution >= 4 is 24.0 Å². The summed E-state index contributed by atoms with van der Waals surface area (Å²) >= 11 is 0. The van der Waals surface area contributed by atoms with Gasteiger partial charge in [0.25, 0.3) is 7.37 Å². The highest BCUT2D eigenvalue weighted by Crippen LogP contribution is 2.60. The smallest absolute Gasteiger partial charge is 0.258 e. The number of hydrogen-bond donors (Lipinski definition) is 1. The van der Waals surface area contributed by atoms with Crippen molar-refractivity contribution in [3.05, 3.63) is 90.5 Å². The first-order valence-electron chi connectivity index (χ1n) is 11.5. The van der Waals surface area contributed by atoms with Crippen molar-refractivity contribution in [2.45, 2.75) is 44.0 Å². The summed E-state index contributed by atoms with van der Waals surface area (Å²) in [5.41, 5.74) is 2.97. The molecule has 3 aromatic rings. The fourth-order valence-corrected chi connectivity index (χ4v) is 6.96. The van der Waals surface area contributed by atoms with Gasteiger partial charge in [-0.15, -0.1) is 0 Å². The Hall–Kier alpha value is -2.55. The average molecular weight is 449 g/mol. The van der Waals surface area contributed by atoms with Gasteiger partial charge in [0.2, 0.25) is 0 Å². The lowest BCUT2D eigenvalue weighted by atomic mass is 9.98. The van der Waals surface area contributed by atoms with E-state index >= 15 is 0 Å². The Morgan fingerprint density at radius 1 is 0.844 bits per heavy atom. The molecule has 1 fully saturated rings. The van der Waals surface area contributed by atoms with Crippen LogP contribution in [0.5, 0.6) is 0 Å². The molecule has 32 heavy (non-hydrogen) atoms. The van der Waals surface area contributed by atoms with Crippen LogP contribution in [0.1, 0.15) is 43.5 Å². The Morgan fingerprint density at radius 3 is 2.03 bits per heavy atom. The predicted molar refractivity (Wildman–Crippen MR) is 135 cm³/mol. The molecule has 1 N–H and O–H groups in total. The van der Waals surface area contributed by atoms with Gasteiger partial charge in [0.1, 0.15) is 5.78 Å². The number of rotatable bonds is 8. The minimum absolute atomic E-state index is 0.0203. The van der Waals surface area contributed by atoms with Crippen molar-refractivity contribution < 1.29 is 9.09 Å². The summed E-state index contributed by atoms with van der Waals surface area (Å²) in [5.74, 6) is -0.474. The van der Waals surface area contributed by atoms with Gasteiger partial charge < -0.3 is 14.7 Å². The van der Waals surface area contributed by atoms with E-state index in [2.05, 4.69) is 5.32 Å². The van der Waals surface area contributed by atoms with E-state index in [0.29, 0.717) is 0 Å². The molecule has 1 aliphatic carbocycles. The molecule has 5 heteroatoms.